The summed E-state index contributed by atoms with van der Waals surface area (Å²) in [6, 6.07) is 12.4. The zero-order valence-electron chi connectivity index (χ0n) is 21.3. The Bertz CT molecular complexity index is 1680. The van der Waals surface area contributed by atoms with Crippen LogP contribution < -0.4 is 19.8 Å². The molecular weight excluding hydrogens is 607 g/mol. The van der Waals surface area contributed by atoms with Gasteiger partial charge in [0.1, 0.15) is 23.3 Å². The van der Waals surface area contributed by atoms with Crippen molar-refractivity contribution in [3.8, 4) is 23.6 Å². The summed E-state index contributed by atoms with van der Waals surface area (Å²) in [5.74, 6) is -1.88. The predicted molar refractivity (Wildman–Crippen MR) is 153 cm³/mol. The van der Waals surface area contributed by atoms with E-state index in [2.05, 4.69) is 10.4 Å². The Balaban J connectivity index is 1.69. The second kappa shape index (κ2) is 11.4. The molecule has 0 saturated carbocycles. The van der Waals surface area contributed by atoms with Gasteiger partial charge in [0.2, 0.25) is 5.91 Å². The van der Waals surface area contributed by atoms with Crippen LogP contribution in [-0.2, 0) is 19.2 Å². The van der Waals surface area contributed by atoms with Gasteiger partial charge >= 0.3 is 11.9 Å². The number of hydrazone groups is 1. The highest BCUT2D eigenvalue weighted by Gasteiger charge is 2.42. The van der Waals surface area contributed by atoms with Gasteiger partial charge in [-0.25, -0.2) is 0 Å². The van der Waals surface area contributed by atoms with Gasteiger partial charge in [-0.2, -0.15) is 15.5 Å². The molecule has 15 heteroatoms. The Morgan fingerprint density at radius 1 is 0.854 bits per heavy atom. The third-order valence-corrected chi connectivity index (χ3v) is 10.5. The second-order valence-electron chi connectivity index (χ2n) is 8.20. The molecule has 0 atom stereocenters. The minimum Gasteiger partial charge on any atom is -0.424 e. The Morgan fingerprint density at radius 2 is 1.37 bits per heavy atom. The first-order valence-corrected chi connectivity index (χ1v) is 14.8. The highest BCUT2D eigenvalue weighted by Crippen LogP contribution is 2.68. The number of amides is 2. The number of nitriles is 2. The van der Waals surface area contributed by atoms with Crippen LogP contribution in [0, 0.1) is 22.7 Å². The smallest absolute Gasteiger partial charge is 0.308 e. The molecule has 0 radical (unpaired) electrons. The fourth-order valence-electron chi connectivity index (χ4n) is 3.78. The summed E-state index contributed by atoms with van der Waals surface area (Å²) in [7, 11) is 0. The molecule has 0 saturated heterocycles. The Labute approximate surface area is 250 Å². The lowest BCUT2D eigenvalue weighted by Crippen LogP contribution is -2.29. The number of nitrogens with zero attached hydrogens (tertiary/aromatic N) is 4. The van der Waals surface area contributed by atoms with Crippen LogP contribution >= 0.6 is 47.0 Å². The summed E-state index contributed by atoms with van der Waals surface area (Å²) >= 11 is 4.27. The van der Waals surface area contributed by atoms with Crippen molar-refractivity contribution in [3.05, 3.63) is 50.0 Å². The van der Waals surface area contributed by atoms with Crippen molar-refractivity contribution in [2.24, 2.45) is 5.10 Å². The molecule has 3 aliphatic heterocycles. The van der Waals surface area contributed by atoms with Crippen LogP contribution in [0.3, 0.4) is 0 Å². The van der Waals surface area contributed by atoms with Crippen molar-refractivity contribution in [2.45, 2.75) is 40.4 Å². The second-order valence-corrected chi connectivity index (χ2v) is 12.8. The van der Waals surface area contributed by atoms with Gasteiger partial charge in [-0.15, -0.1) is 5.10 Å². The monoisotopic (exact) mass is 621 g/mol. The number of ether oxygens (including phenoxy) is 2. The molecule has 41 heavy (non-hydrogen) atoms. The van der Waals surface area contributed by atoms with Gasteiger partial charge in [-0.1, -0.05) is 65.2 Å². The largest absolute Gasteiger partial charge is 0.424 e. The SMILES string of the molecule is CC(=O)NC1=NN(c2ccccc2)C(=O)C1=C1Sc2c(OC(C)=O)c3c(c(OC(C)=O)c2S1)SC(=C(C#N)C#N)S3. The molecule has 0 unspecified atom stereocenters. The molecule has 0 aliphatic carbocycles. The molecule has 0 fully saturated rings. The van der Waals surface area contributed by atoms with Gasteiger partial charge in [0.15, 0.2) is 17.3 Å². The zero-order chi connectivity index (χ0) is 29.4. The fourth-order valence-corrected chi connectivity index (χ4v) is 9.13. The maximum Gasteiger partial charge on any atom is 0.308 e. The Kier molecular flexibility index (Phi) is 7.88. The summed E-state index contributed by atoms with van der Waals surface area (Å²) in [5.41, 5.74) is 0.449. The molecule has 0 aromatic heterocycles. The molecular formula is C26H15N5O6S4. The van der Waals surface area contributed by atoms with Gasteiger partial charge in [0.25, 0.3) is 5.91 Å². The van der Waals surface area contributed by atoms with Gasteiger partial charge in [-0.05, 0) is 12.1 Å². The number of esters is 2. The summed E-state index contributed by atoms with van der Waals surface area (Å²) in [5, 5.41) is 27.0. The number of thioether (sulfide) groups is 4. The van der Waals surface area contributed by atoms with Gasteiger partial charge in [-0.3, -0.25) is 19.2 Å². The maximum atomic E-state index is 13.7. The van der Waals surface area contributed by atoms with E-state index in [0.717, 1.165) is 47.0 Å². The van der Waals surface area contributed by atoms with Crippen molar-refractivity contribution in [3.63, 3.8) is 0 Å². The van der Waals surface area contributed by atoms with Crippen LogP contribution in [0.5, 0.6) is 11.5 Å². The molecule has 11 nitrogen and oxygen atoms in total. The Hall–Kier alpha value is -4.15. The van der Waals surface area contributed by atoms with E-state index >= 15 is 0 Å². The number of rotatable bonds is 3. The molecule has 2 aromatic rings. The van der Waals surface area contributed by atoms with Crippen molar-refractivity contribution < 1.29 is 28.7 Å². The van der Waals surface area contributed by atoms with Crippen molar-refractivity contribution >= 4 is 82.3 Å². The van der Waals surface area contributed by atoms with Gasteiger partial charge in [0, 0.05) is 20.8 Å². The summed E-state index contributed by atoms with van der Waals surface area (Å²) in [6.07, 6.45) is 0. The third-order valence-electron chi connectivity index (χ3n) is 5.28. The van der Waals surface area contributed by atoms with Crippen LogP contribution in [0.15, 0.2) is 74.6 Å². The number of hydrogen-bond acceptors (Lipinski definition) is 13. The first-order valence-electron chi connectivity index (χ1n) is 11.5. The maximum absolute atomic E-state index is 13.7. The van der Waals surface area contributed by atoms with Crippen molar-refractivity contribution in [2.75, 3.05) is 5.01 Å². The van der Waals surface area contributed by atoms with Crippen molar-refractivity contribution in [1.29, 1.82) is 10.5 Å². The molecule has 5 rings (SSSR count). The number of carbonyl (C=O) groups is 4. The predicted octanol–water partition coefficient (Wildman–Crippen LogP) is 4.90. The number of fused-ring (bicyclic) bond motifs is 2. The zero-order valence-corrected chi connectivity index (χ0v) is 24.5. The lowest BCUT2D eigenvalue weighted by Gasteiger charge is -2.15. The van der Waals surface area contributed by atoms with E-state index in [4.69, 9.17) is 9.47 Å². The van der Waals surface area contributed by atoms with E-state index in [1.807, 2.05) is 12.1 Å². The number of nitrogens with one attached hydrogen (secondary N) is 1. The van der Waals surface area contributed by atoms with E-state index in [0.29, 0.717) is 33.7 Å². The third kappa shape index (κ3) is 5.32. The number of allylic oxidation sites excluding steroid dienone is 1. The number of anilines is 1. The number of amidine groups is 1. The highest BCUT2D eigenvalue weighted by molar-refractivity contribution is 8.26. The summed E-state index contributed by atoms with van der Waals surface area (Å²) < 4.78 is 12.0. The van der Waals surface area contributed by atoms with Crippen LogP contribution in [-0.4, -0.2) is 29.6 Å². The normalized spacial score (nSPS) is 15.0. The number of carbonyl (C=O) groups excluding carboxylic acids is 4. The number of hydrogen-bond donors (Lipinski definition) is 1. The first-order chi connectivity index (χ1) is 19.6. The van der Waals surface area contributed by atoms with E-state index in [-0.39, 0.29) is 28.5 Å². The number of para-hydroxylation sites is 1. The topological polar surface area (TPSA) is 162 Å². The summed E-state index contributed by atoms with van der Waals surface area (Å²) in [6.45, 7) is 3.75. The molecule has 2 amide bonds. The average Bonchev–Trinajstić information content (AvgIpc) is 3.62. The molecule has 2 aromatic carbocycles. The van der Waals surface area contributed by atoms with Crippen molar-refractivity contribution in [1.82, 2.24) is 5.32 Å². The van der Waals surface area contributed by atoms with E-state index in [1.165, 1.54) is 25.8 Å². The molecule has 0 bridgehead atoms. The van der Waals surface area contributed by atoms with E-state index in [9.17, 15) is 29.7 Å². The number of benzene rings is 2. The fraction of sp³-hybridized carbons (Fsp3) is 0.115. The molecule has 3 heterocycles. The molecule has 3 aliphatic rings. The summed E-state index contributed by atoms with van der Waals surface area (Å²) in [4.78, 5) is 51.6. The van der Waals surface area contributed by atoms with E-state index in [1.54, 1.807) is 30.3 Å². The van der Waals surface area contributed by atoms with Gasteiger partial charge in [0.05, 0.1) is 33.7 Å². The van der Waals surface area contributed by atoms with Crippen LogP contribution in [0.4, 0.5) is 5.69 Å². The first kappa shape index (κ1) is 28.4. The van der Waals surface area contributed by atoms with Crippen LogP contribution in [0.2, 0.25) is 0 Å². The molecule has 0 spiro atoms. The van der Waals surface area contributed by atoms with Crippen LogP contribution in [0.1, 0.15) is 20.8 Å². The average molecular weight is 622 g/mol. The molecule has 204 valence electrons. The van der Waals surface area contributed by atoms with E-state index < -0.39 is 23.8 Å². The highest BCUT2D eigenvalue weighted by atomic mass is 32.2. The van der Waals surface area contributed by atoms with Crippen LogP contribution in [0.25, 0.3) is 0 Å². The lowest BCUT2D eigenvalue weighted by atomic mass is 10.2. The lowest BCUT2D eigenvalue weighted by molar-refractivity contribution is -0.133. The minimum absolute atomic E-state index is 0.0337. The van der Waals surface area contributed by atoms with Gasteiger partial charge < -0.3 is 14.8 Å². The Morgan fingerprint density at radius 3 is 1.83 bits per heavy atom. The minimum atomic E-state index is -0.627. The standard InChI is InChI=1S/C26H15N5O6S4/c1-11(32)29-23-16(24(35)31(30-23)15-7-5-4-6-8-15)26-40-21-17(36-12(2)33)19-20(18(22(21)41-26)37-13(3)34)39-25(38-19)14(9-27)10-28/h4-8H,1-3H3,(H,29,30,32). The molecule has 1 N–H and O–H groups in total. The quantitative estimate of drug-likeness (QED) is 0.214.